The summed E-state index contributed by atoms with van der Waals surface area (Å²) in [4.78, 5) is 0. The second-order valence-electron chi connectivity index (χ2n) is 6.66. The van der Waals surface area contributed by atoms with Gasteiger partial charge in [-0.15, -0.1) is 0 Å². The van der Waals surface area contributed by atoms with Gasteiger partial charge in [-0.3, -0.25) is 0 Å². The van der Waals surface area contributed by atoms with E-state index in [4.69, 9.17) is 11.6 Å². The molecule has 1 aromatic rings. The molecule has 0 aliphatic heterocycles. The fourth-order valence-corrected chi connectivity index (χ4v) is 3.31. The van der Waals surface area contributed by atoms with Gasteiger partial charge in [0.25, 0.3) is 0 Å². The lowest BCUT2D eigenvalue weighted by atomic mass is 9.69. The molecule has 1 aliphatic rings. The second kappa shape index (κ2) is 6.34. The van der Waals surface area contributed by atoms with E-state index in [1.54, 1.807) is 12.1 Å². The van der Waals surface area contributed by atoms with Gasteiger partial charge < -0.3 is 5.32 Å². The predicted molar refractivity (Wildman–Crippen MR) is 84.9 cm³/mol. The zero-order chi connectivity index (χ0) is 14.8. The Balaban J connectivity index is 1.90. The number of anilines is 1. The zero-order valence-corrected chi connectivity index (χ0v) is 13.4. The summed E-state index contributed by atoms with van der Waals surface area (Å²) in [6.07, 6.45) is 6.15. The van der Waals surface area contributed by atoms with Gasteiger partial charge in [-0.2, -0.15) is 0 Å². The summed E-state index contributed by atoms with van der Waals surface area (Å²) in [7, 11) is 0. The lowest BCUT2D eigenvalue weighted by molar-refractivity contribution is 0.147. The molecule has 1 aromatic carbocycles. The van der Waals surface area contributed by atoms with Crippen molar-refractivity contribution < 1.29 is 4.39 Å². The third-order valence-corrected chi connectivity index (χ3v) is 5.32. The van der Waals surface area contributed by atoms with Gasteiger partial charge in [0, 0.05) is 11.7 Å². The predicted octanol–water partition coefficient (Wildman–Crippen LogP) is 5.89. The quantitative estimate of drug-likeness (QED) is 0.731. The Morgan fingerprint density at radius 1 is 1.25 bits per heavy atom. The molecule has 1 nitrogen and oxygen atoms in total. The summed E-state index contributed by atoms with van der Waals surface area (Å²) in [5.74, 6) is 0.466. The fourth-order valence-electron chi connectivity index (χ4n) is 3.13. The van der Waals surface area contributed by atoms with Gasteiger partial charge in [0.1, 0.15) is 5.82 Å². The van der Waals surface area contributed by atoms with Crippen molar-refractivity contribution in [2.75, 3.05) is 5.32 Å². The smallest absolute Gasteiger partial charge is 0.141 e. The maximum absolute atomic E-state index is 13.1. The van der Waals surface area contributed by atoms with Crippen LogP contribution in [-0.2, 0) is 0 Å². The summed E-state index contributed by atoms with van der Waals surface area (Å²) in [6.45, 7) is 7.04. The van der Waals surface area contributed by atoms with E-state index < -0.39 is 0 Å². The topological polar surface area (TPSA) is 12.0 Å². The van der Waals surface area contributed by atoms with Crippen LogP contribution in [0.4, 0.5) is 10.1 Å². The molecule has 1 N–H and O–H groups in total. The monoisotopic (exact) mass is 297 g/mol. The van der Waals surface area contributed by atoms with Crippen molar-refractivity contribution in [1.82, 2.24) is 0 Å². The van der Waals surface area contributed by atoms with Crippen LogP contribution in [-0.4, -0.2) is 6.04 Å². The minimum atomic E-state index is -0.356. The van der Waals surface area contributed by atoms with Gasteiger partial charge in [-0.25, -0.2) is 4.39 Å². The molecule has 0 unspecified atom stereocenters. The molecule has 0 bridgehead atoms. The largest absolute Gasteiger partial charge is 0.382 e. The number of benzene rings is 1. The highest BCUT2D eigenvalue weighted by Gasteiger charge is 2.31. The molecule has 1 saturated carbocycles. The third-order valence-electron chi connectivity index (χ3n) is 5.03. The first-order chi connectivity index (χ1) is 9.42. The minimum absolute atomic E-state index is 0.191. The van der Waals surface area contributed by atoms with Crippen LogP contribution in [0, 0.1) is 17.2 Å². The Kier molecular flexibility index (Phi) is 4.95. The van der Waals surface area contributed by atoms with Gasteiger partial charge in [0.2, 0.25) is 0 Å². The first-order valence-corrected chi connectivity index (χ1v) is 8.01. The SMILES string of the molecule is CCC(C)(C)C1CCC(Nc2ccc(F)c(Cl)c2)CC1. The minimum Gasteiger partial charge on any atom is -0.382 e. The Labute approximate surface area is 126 Å². The molecule has 0 atom stereocenters. The molecule has 112 valence electrons. The van der Waals surface area contributed by atoms with Crippen molar-refractivity contribution in [2.45, 2.75) is 58.9 Å². The van der Waals surface area contributed by atoms with Crippen molar-refractivity contribution in [3.05, 3.63) is 29.0 Å². The first-order valence-electron chi connectivity index (χ1n) is 7.64. The summed E-state index contributed by atoms with van der Waals surface area (Å²) in [5, 5.41) is 3.68. The number of halogens is 2. The van der Waals surface area contributed by atoms with Gasteiger partial charge >= 0.3 is 0 Å². The van der Waals surface area contributed by atoms with E-state index in [9.17, 15) is 4.39 Å². The number of hydrogen-bond donors (Lipinski definition) is 1. The highest BCUT2D eigenvalue weighted by Crippen LogP contribution is 2.41. The molecule has 0 saturated heterocycles. The molecule has 2 rings (SSSR count). The highest BCUT2D eigenvalue weighted by atomic mass is 35.5. The Morgan fingerprint density at radius 3 is 2.45 bits per heavy atom. The summed E-state index contributed by atoms with van der Waals surface area (Å²) in [6, 6.07) is 5.36. The standard InChI is InChI=1S/C17H25ClFN/c1-4-17(2,3)12-5-7-13(8-6-12)20-14-9-10-16(19)15(18)11-14/h9-13,20H,4-8H2,1-3H3. The van der Waals surface area contributed by atoms with Crippen LogP contribution in [0.3, 0.4) is 0 Å². The molecule has 0 heterocycles. The number of rotatable bonds is 4. The van der Waals surface area contributed by atoms with Gasteiger partial charge in [0.15, 0.2) is 0 Å². The summed E-state index contributed by atoms with van der Waals surface area (Å²) < 4.78 is 13.1. The maximum atomic E-state index is 13.1. The van der Waals surface area contributed by atoms with Gasteiger partial charge in [-0.05, 0) is 55.2 Å². The van der Waals surface area contributed by atoms with E-state index in [-0.39, 0.29) is 10.8 Å². The lowest BCUT2D eigenvalue weighted by Crippen LogP contribution is -2.32. The molecule has 1 fully saturated rings. The van der Waals surface area contributed by atoms with Crippen molar-refractivity contribution in [1.29, 1.82) is 0 Å². The van der Waals surface area contributed by atoms with Crippen LogP contribution >= 0.6 is 11.6 Å². The third kappa shape index (κ3) is 3.66. The molecule has 3 heteroatoms. The van der Waals surface area contributed by atoms with Crippen LogP contribution in [0.2, 0.25) is 5.02 Å². The van der Waals surface area contributed by atoms with Crippen LogP contribution in [0.5, 0.6) is 0 Å². The van der Waals surface area contributed by atoms with E-state index in [2.05, 4.69) is 26.1 Å². The second-order valence-corrected chi connectivity index (χ2v) is 7.07. The highest BCUT2D eigenvalue weighted by molar-refractivity contribution is 6.31. The van der Waals surface area contributed by atoms with Crippen molar-refractivity contribution in [3.63, 3.8) is 0 Å². The zero-order valence-electron chi connectivity index (χ0n) is 12.7. The maximum Gasteiger partial charge on any atom is 0.141 e. The number of nitrogens with one attached hydrogen (secondary N) is 1. The van der Waals surface area contributed by atoms with E-state index >= 15 is 0 Å². The van der Waals surface area contributed by atoms with E-state index in [0.717, 1.165) is 11.6 Å². The summed E-state index contributed by atoms with van der Waals surface area (Å²) >= 11 is 5.82. The van der Waals surface area contributed by atoms with Crippen molar-refractivity contribution in [3.8, 4) is 0 Å². The van der Waals surface area contributed by atoms with Crippen LogP contribution in [0.1, 0.15) is 52.9 Å². The first kappa shape index (κ1) is 15.6. The van der Waals surface area contributed by atoms with E-state index in [0.29, 0.717) is 11.5 Å². The normalized spacial score (nSPS) is 23.6. The molecule has 0 radical (unpaired) electrons. The Bertz CT molecular complexity index is 450. The van der Waals surface area contributed by atoms with Gasteiger partial charge in [0.05, 0.1) is 5.02 Å². The molecular weight excluding hydrogens is 273 g/mol. The lowest BCUT2D eigenvalue weighted by Gasteiger charge is -2.39. The Morgan fingerprint density at radius 2 is 1.90 bits per heavy atom. The molecule has 1 aliphatic carbocycles. The average Bonchev–Trinajstić information content (AvgIpc) is 2.43. The van der Waals surface area contributed by atoms with Crippen LogP contribution < -0.4 is 5.32 Å². The summed E-state index contributed by atoms with van der Waals surface area (Å²) in [5.41, 5.74) is 1.37. The average molecular weight is 298 g/mol. The number of hydrogen-bond acceptors (Lipinski definition) is 1. The fraction of sp³-hybridized carbons (Fsp3) is 0.647. The van der Waals surface area contributed by atoms with Crippen LogP contribution in [0.15, 0.2) is 18.2 Å². The molecule has 20 heavy (non-hydrogen) atoms. The van der Waals surface area contributed by atoms with E-state index in [1.807, 2.05) is 0 Å². The molecule has 0 amide bonds. The van der Waals surface area contributed by atoms with Crippen molar-refractivity contribution in [2.24, 2.45) is 11.3 Å². The van der Waals surface area contributed by atoms with Crippen molar-refractivity contribution >= 4 is 17.3 Å². The van der Waals surface area contributed by atoms with E-state index in [1.165, 1.54) is 38.2 Å². The molecule has 0 aromatic heterocycles. The van der Waals surface area contributed by atoms with Crippen LogP contribution in [0.25, 0.3) is 0 Å². The molecular formula is C17H25ClFN. The molecule has 0 spiro atoms. The Hall–Kier alpha value is -0.760. The van der Waals surface area contributed by atoms with Gasteiger partial charge in [-0.1, -0.05) is 38.8 Å².